The number of sulfonamides is 1. The summed E-state index contributed by atoms with van der Waals surface area (Å²) in [6, 6.07) is 9.09. The lowest BCUT2D eigenvalue weighted by Gasteiger charge is -2.14. The number of nitrogens with zero attached hydrogens (tertiary/aromatic N) is 1. The Hall–Kier alpha value is -2.12. The third-order valence-corrected chi connectivity index (χ3v) is 4.45. The summed E-state index contributed by atoms with van der Waals surface area (Å²) < 4.78 is 28.1. The lowest BCUT2D eigenvalue weighted by atomic mass is 10.1. The van der Waals surface area contributed by atoms with E-state index in [1.54, 1.807) is 42.1 Å². The Balaban J connectivity index is 2.18. The van der Waals surface area contributed by atoms with Crippen molar-refractivity contribution < 1.29 is 18.3 Å². The molecule has 0 amide bonds. The van der Waals surface area contributed by atoms with Gasteiger partial charge in [-0.15, -0.1) is 0 Å². The molecule has 2 rings (SSSR count). The Morgan fingerprint density at radius 2 is 1.95 bits per heavy atom. The van der Waals surface area contributed by atoms with Gasteiger partial charge >= 0.3 is 5.97 Å². The number of aliphatic carboxylic acids is 1. The molecule has 6 nitrogen and oxygen atoms in total. The number of aromatic nitrogens is 1. The van der Waals surface area contributed by atoms with Crippen molar-refractivity contribution >= 4 is 16.0 Å². The van der Waals surface area contributed by atoms with E-state index in [9.17, 15) is 18.3 Å². The van der Waals surface area contributed by atoms with E-state index in [4.69, 9.17) is 0 Å². The topological polar surface area (TPSA) is 88.4 Å². The zero-order chi connectivity index (χ0) is 15.5. The first kappa shape index (κ1) is 15.3. The number of aryl methyl sites for hydroxylation is 1. The van der Waals surface area contributed by atoms with Crippen molar-refractivity contribution in [1.29, 1.82) is 0 Å². The van der Waals surface area contributed by atoms with Crippen molar-refractivity contribution in [2.24, 2.45) is 7.05 Å². The van der Waals surface area contributed by atoms with E-state index in [1.165, 1.54) is 12.3 Å². The highest BCUT2D eigenvalue weighted by atomic mass is 32.2. The maximum absolute atomic E-state index is 12.2. The first-order valence-electron chi connectivity index (χ1n) is 6.29. The van der Waals surface area contributed by atoms with Crippen molar-refractivity contribution in [3.8, 4) is 0 Å². The van der Waals surface area contributed by atoms with Crippen molar-refractivity contribution in [1.82, 2.24) is 9.29 Å². The SMILES string of the molecule is Cn1ccc(S(=O)(=O)NC(Cc2ccccc2)C(=O)O)c1. The molecule has 7 heteroatoms. The minimum Gasteiger partial charge on any atom is -0.480 e. The molecule has 0 saturated heterocycles. The van der Waals surface area contributed by atoms with Crippen LogP contribution in [-0.4, -0.2) is 30.1 Å². The Morgan fingerprint density at radius 3 is 2.48 bits per heavy atom. The lowest BCUT2D eigenvalue weighted by molar-refractivity contribution is -0.138. The number of hydrogen-bond acceptors (Lipinski definition) is 3. The smallest absolute Gasteiger partial charge is 0.322 e. The van der Waals surface area contributed by atoms with Crippen LogP contribution in [0.5, 0.6) is 0 Å². The van der Waals surface area contributed by atoms with Crippen LogP contribution in [0.15, 0.2) is 53.7 Å². The molecule has 1 heterocycles. The molecule has 0 aliphatic rings. The summed E-state index contributed by atoms with van der Waals surface area (Å²) in [5, 5.41) is 9.22. The van der Waals surface area contributed by atoms with E-state index in [1.807, 2.05) is 6.07 Å². The molecular formula is C14H16N2O4S. The number of hydrogen-bond donors (Lipinski definition) is 2. The van der Waals surface area contributed by atoms with Crippen molar-refractivity contribution in [3.63, 3.8) is 0 Å². The summed E-state index contributed by atoms with van der Waals surface area (Å²) >= 11 is 0. The predicted octanol–water partition coefficient (Wildman–Crippen LogP) is 0.999. The molecule has 1 atom stereocenters. The number of carbonyl (C=O) groups is 1. The van der Waals surface area contributed by atoms with Crippen LogP contribution in [0.25, 0.3) is 0 Å². The van der Waals surface area contributed by atoms with Crippen molar-refractivity contribution in [3.05, 3.63) is 54.4 Å². The quantitative estimate of drug-likeness (QED) is 0.833. The second kappa shape index (κ2) is 6.11. The predicted molar refractivity (Wildman–Crippen MR) is 77.3 cm³/mol. The second-order valence-electron chi connectivity index (χ2n) is 4.71. The average Bonchev–Trinajstić information content (AvgIpc) is 2.86. The van der Waals surface area contributed by atoms with Crippen LogP contribution in [0.2, 0.25) is 0 Å². The molecule has 1 unspecified atom stereocenters. The molecule has 0 aliphatic heterocycles. The molecule has 21 heavy (non-hydrogen) atoms. The Morgan fingerprint density at radius 1 is 1.29 bits per heavy atom. The average molecular weight is 308 g/mol. The monoisotopic (exact) mass is 308 g/mol. The molecule has 1 aromatic heterocycles. The van der Waals surface area contributed by atoms with Gasteiger partial charge in [-0.2, -0.15) is 4.72 Å². The minimum absolute atomic E-state index is 0.0457. The van der Waals surface area contributed by atoms with Crippen LogP contribution in [0.1, 0.15) is 5.56 Å². The van der Waals surface area contributed by atoms with Gasteiger partial charge in [-0.25, -0.2) is 8.42 Å². The largest absolute Gasteiger partial charge is 0.480 e. The third-order valence-electron chi connectivity index (χ3n) is 2.99. The number of rotatable bonds is 6. The minimum atomic E-state index is -3.86. The van der Waals surface area contributed by atoms with Gasteiger partial charge in [0.2, 0.25) is 10.0 Å². The highest BCUT2D eigenvalue weighted by molar-refractivity contribution is 7.89. The number of carboxylic acids is 1. The van der Waals surface area contributed by atoms with Gasteiger partial charge < -0.3 is 9.67 Å². The Bertz CT molecular complexity index is 722. The molecule has 1 aromatic carbocycles. The fourth-order valence-electron chi connectivity index (χ4n) is 1.92. The van der Waals surface area contributed by atoms with Crippen LogP contribution in [0, 0.1) is 0 Å². The highest BCUT2D eigenvalue weighted by Gasteiger charge is 2.26. The highest BCUT2D eigenvalue weighted by Crippen LogP contribution is 2.11. The van der Waals surface area contributed by atoms with E-state index in [0.29, 0.717) is 0 Å². The Kier molecular flexibility index (Phi) is 4.44. The van der Waals surface area contributed by atoms with E-state index < -0.39 is 22.0 Å². The van der Waals surface area contributed by atoms with Gasteiger partial charge in [-0.1, -0.05) is 30.3 Å². The standard InChI is InChI=1S/C14H16N2O4S/c1-16-8-7-12(10-16)21(19,20)15-13(14(17)18)9-11-5-3-2-4-6-11/h2-8,10,13,15H,9H2,1H3,(H,17,18). The molecular weight excluding hydrogens is 292 g/mol. The molecule has 112 valence electrons. The molecule has 2 N–H and O–H groups in total. The molecule has 0 bridgehead atoms. The van der Waals surface area contributed by atoms with Gasteiger partial charge in [-0.05, 0) is 18.1 Å². The second-order valence-corrected chi connectivity index (χ2v) is 6.43. The maximum Gasteiger partial charge on any atom is 0.322 e. The first-order chi connectivity index (χ1) is 9.88. The first-order valence-corrected chi connectivity index (χ1v) is 7.78. The number of benzene rings is 1. The maximum atomic E-state index is 12.2. The zero-order valence-corrected chi connectivity index (χ0v) is 12.2. The fourth-order valence-corrected chi connectivity index (χ4v) is 3.16. The summed E-state index contributed by atoms with van der Waals surface area (Å²) in [5.74, 6) is -1.21. The van der Waals surface area contributed by atoms with E-state index >= 15 is 0 Å². The molecule has 2 aromatic rings. The lowest BCUT2D eigenvalue weighted by Crippen LogP contribution is -2.42. The fraction of sp³-hybridized carbons (Fsp3) is 0.214. The van der Waals surface area contributed by atoms with E-state index in [2.05, 4.69) is 4.72 Å². The van der Waals surface area contributed by atoms with Crippen LogP contribution in [-0.2, 0) is 28.3 Å². The van der Waals surface area contributed by atoms with Crippen LogP contribution in [0.4, 0.5) is 0 Å². The number of carboxylic acid groups (broad SMARTS) is 1. The zero-order valence-electron chi connectivity index (χ0n) is 11.4. The molecule has 0 radical (unpaired) electrons. The summed E-state index contributed by atoms with van der Waals surface area (Å²) in [7, 11) is -2.16. The molecule has 0 aliphatic carbocycles. The van der Waals surface area contributed by atoms with Gasteiger partial charge in [0.25, 0.3) is 0 Å². The van der Waals surface area contributed by atoms with Gasteiger partial charge in [-0.3, -0.25) is 4.79 Å². The van der Waals surface area contributed by atoms with E-state index in [-0.39, 0.29) is 11.3 Å². The van der Waals surface area contributed by atoms with Gasteiger partial charge in [0.15, 0.2) is 0 Å². The van der Waals surface area contributed by atoms with Gasteiger partial charge in [0, 0.05) is 19.4 Å². The van der Waals surface area contributed by atoms with E-state index in [0.717, 1.165) is 5.56 Å². The van der Waals surface area contributed by atoms with Crippen LogP contribution >= 0.6 is 0 Å². The molecule has 0 fully saturated rings. The Labute approximate surface area is 123 Å². The third kappa shape index (κ3) is 3.93. The summed E-state index contributed by atoms with van der Waals surface area (Å²) in [4.78, 5) is 11.3. The molecule has 0 spiro atoms. The van der Waals surface area contributed by atoms with Crippen molar-refractivity contribution in [2.45, 2.75) is 17.4 Å². The summed E-state index contributed by atoms with van der Waals surface area (Å²) in [6.45, 7) is 0. The van der Waals surface area contributed by atoms with Crippen LogP contribution < -0.4 is 4.72 Å². The van der Waals surface area contributed by atoms with Crippen molar-refractivity contribution in [2.75, 3.05) is 0 Å². The summed E-state index contributed by atoms with van der Waals surface area (Å²) in [6.07, 6.45) is 3.09. The summed E-state index contributed by atoms with van der Waals surface area (Å²) in [5.41, 5.74) is 0.751. The molecule has 0 saturated carbocycles. The van der Waals surface area contributed by atoms with Gasteiger partial charge in [0.05, 0.1) is 4.90 Å². The van der Waals surface area contributed by atoms with Gasteiger partial charge in [0.1, 0.15) is 6.04 Å². The van der Waals surface area contributed by atoms with Crippen LogP contribution in [0.3, 0.4) is 0 Å². The normalized spacial score (nSPS) is 13.0. The number of nitrogens with one attached hydrogen (secondary N) is 1.